The Kier molecular flexibility index (Phi) is 4.86. The van der Waals surface area contributed by atoms with Crippen LogP contribution in [0.4, 0.5) is 5.13 Å². The van der Waals surface area contributed by atoms with Crippen LogP contribution in [0.2, 0.25) is 0 Å². The average Bonchev–Trinajstić information content (AvgIpc) is 3.51. The molecule has 1 fully saturated rings. The van der Waals surface area contributed by atoms with Crippen molar-refractivity contribution in [3.63, 3.8) is 0 Å². The van der Waals surface area contributed by atoms with Gasteiger partial charge in [-0.1, -0.05) is 12.1 Å². The highest BCUT2D eigenvalue weighted by molar-refractivity contribution is 7.14. The largest absolute Gasteiger partial charge is 0.505 e. The number of thiazole rings is 1. The number of ketones is 1. The molecule has 0 saturated carbocycles. The number of hydrogen-bond acceptors (Lipinski definition) is 8. The molecule has 0 aliphatic carbocycles. The molecule has 0 radical (unpaired) electrons. The van der Waals surface area contributed by atoms with E-state index in [1.54, 1.807) is 41.1 Å². The Labute approximate surface area is 191 Å². The second-order valence-electron chi connectivity index (χ2n) is 7.39. The normalized spacial score (nSPS) is 17.8. The lowest BCUT2D eigenvalue weighted by atomic mass is 9.96. The molecular formula is C23H18N4O5S. The summed E-state index contributed by atoms with van der Waals surface area (Å²) in [6.07, 6.45) is 3.25. The Hall–Kier alpha value is -4.18. The maximum absolute atomic E-state index is 13.3. The number of carbonyl (C=O) groups is 2. The molecule has 4 aromatic rings. The van der Waals surface area contributed by atoms with Crippen LogP contribution in [0, 0.1) is 6.92 Å². The van der Waals surface area contributed by atoms with E-state index in [9.17, 15) is 19.8 Å². The Bertz CT molecular complexity index is 1440. The number of benzene rings is 1. The number of amides is 1. The van der Waals surface area contributed by atoms with Crippen molar-refractivity contribution < 1.29 is 24.5 Å². The van der Waals surface area contributed by atoms with Gasteiger partial charge in [-0.15, -0.1) is 11.3 Å². The van der Waals surface area contributed by atoms with E-state index in [0.29, 0.717) is 27.7 Å². The number of hydrogen-bond donors (Lipinski definition) is 2. The SMILES string of the molecule is COc1cc(C2C(=C(O)c3c(C)nc4ccccn34)C(=O)C(=O)N2c2nccs2)ccc1O. The fourth-order valence-electron chi connectivity index (χ4n) is 4.07. The van der Waals surface area contributed by atoms with Crippen LogP contribution in [-0.4, -0.2) is 43.4 Å². The summed E-state index contributed by atoms with van der Waals surface area (Å²) in [6.45, 7) is 1.72. The number of aromatic hydroxyl groups is 1. The summed E-state index contributed by atoms with van der Waals surface area (Å²) in [7, 11) is 1.40. The van der Waals surface area contributed by atoms with E-state index in [-0.39, 0.29) is 22.8 Å². The first kappa shape index (κ1) is 20.7. The lowest BCUT2D eigenvalue weighted by molar-refractivity contribution is -0.132. The van der Waals surface area contributed by atoms with Crippen LogP contribution >= 0.6 is 11.3 Å². The molecule has 1 atom stereocenters. The minimum atomic E-state index is -0.987. The van der Waals surface area contributed by atoms with Crippen LogP contribution in [0.5, 0.6) is 11.5 Å². The lowest BCUT2D eigenvalue weighted by Gasteiger charge is -2.23. The molecule has 33 heavy (non-hydrogen) atoms. The maximum atomic E-state index is 13.3. The third-order valence-electron chi connectivity index (χ3n) is 5.52. The number of carbonyl (C=O) groups excluding carboxylic acids is 2. The molecule has 0 spiro atoms. The number of ether oxygens (including phenoxy) is 1. The van der Waals surface area contributed by atoms with Crippen molar-refractivity contribution in [2.75, 3.05) is 12.0 Å². The van der Waals surface area contributed by atoms with Crippen LogP contribution in [0.3, 0.4) is 0 Å². The summed E-state index contributed by atoms with van der Waals surface area (Å²) < 4.78 is 6.89. The van der Waals surface area contributed by atoms with Gasteiger partial charge in [0.05, 0.1) is 24.4 Å². The molecule has 1 aliphatic rings. The third-order valence-corrected chi connectivity index (χ3v) is 6.29. The molecule has 10 heteroatoms. The number of phenols is 1. The van der Waals surface area contributed by atoms with Gasteiger partial charge in [0.1, 0.15) is 11.3 Å². The number of aromatic nitrogens is 3. The highest BCUT2D eigenvalue weighted by Gasteiger charge is 2.48. The summed E-state index contributed by atoms with van der Waals surface area (Å²) in [4.78, 5) is 36.3. The number of Topliss-reactive ketones (excluding diaryl/α,β-unsaturated/α-hetero) is 1. The van der Waals surface area contributed by atoms with Crippen molar-refractivity contribution in [1.82, 2.24) is 14.4 Å². The van der Waals surface area contributed by atoms with Gasteiger partial charge in [-0.2, -0.15) is 0 Å². The van der Waals surface area contributed by atoms with Crippen molar-refractivity contribution in [2.45, 2.75) is 13.0 Å². The molecule has 1 unspecified atom stereocenters. The van der Waals surface area contributed by atoms with Crippen molar-refractivity contribution in [3.05, 3.63) is 76.7 Å². The number of phenolic OH excluding ortho intramolecular Hbond substituents is 1. The molecule has 0 bridgehead atoms. The van der Waals surface area contributed by atoms with Crippen LogP contribution in [0.25, 0.3) is 11.4 Å². The summed E-state index contributed by atoms with van der Waals surface area (Å²) in [6, 6.07) is 8.90. The molecule has 2 N–H and O–H groups in total. The Balaban J connectivity index is 1.80. The van der Waals surface area contributed by atoms with E-state index in [4.69, 9.17) is 4.74 Å². The highest BCUT2D eigenvalue weighted by atomic mass is 32.1. The van der Waals surface area contributed by atoms with Crippen molar-refractivity contribution in [1.29, 1.82) is 0 Å². The zero-order valence-electron chi connectivity index (χ0n) is 17.6. The zero-order chi connectivity index (χ0) is 23.3. The predicted octanol–water partition coefficient (Wildman–Crippen LogP) is 3.44. The summed E-state index contributed by atoms with van der Waals surface area (Å²) in [5.74, 6) is -1.92. The molecule has 1 saturated heterocycles. The van der Waals surface area contributed by atoms with Crippen LogP contribution in [0.1, 0.15) is 23.0 Å². The van der Waals surface area contributed by atoms with Gasteiger partial charge in [-0.25, -0.2) is 9.97 Å². The number of fused-ring (bicyclic) bond motifs is 1. The number of nitrogens with zero attached hydrogens (tertiary/aromatic N) is 4. The number of pyridine rings is 1. The Morgan fingerprint density at radius 3 is 2.76 bits per heavy atom. The van der Waals surface area contributed by atoms with Gasteiger partial charge in [0.15, 0.2) is 22.4 Å². The quantitative estimate of drug-likeness (QED) is 0.271. The average molecular weight is 462 g/mol. The molecular weight excluding hydrogens is 444 g/mol. The number of rotatable bonds is 4. The lowest BCUT2D eigenvalue weighted by Crippen LogP contribution is -2.29. The van der Waals surface area contributed by atoms with E-state index >= 15 is 0 Å². The zero-order valence-corrected chi connectivity index (χ0v) is 18.4. The highest BCUT2D eigenvalue weighted by Crippen LogP contribution is 2.44. The van der Waals surface area contributed by atoms with Gasteiger partial charge in [0.25, 0.3) is 5.78 Å². The fourth-order valence-corrected chi connectivity index (χ4v) is 4.74. The predicted molar refractivity (Wildman–Crippen MR) is 121 cm³/mol. The fraction of sp³-hybridized carbons (Fsp3) is 0.130. The summed E-state index contributed by atoms with van der Waals surface area (Å²) in [5, 5.41) is 23.5. The van der Waals surface area contributed by atoms with E-state index in [1.807, 2.05) is 6.07 Å². The maximum Gasteiger partial charge on any atom is 0.301 e. The number of aliphatic hydroxyl groups excluding tert-OH is 1. The second-order valence-corrected chi connectivity index (χ2v) is 8.26. The van der Waals surface area contributed by atoms with Gasteiger partial charge < -0.3 is 14.9 Å². The van der Waals surface area contributed by atoms with Crippen molar-refractivity contribution in [2.24, 2.45) is 0 Å². The summed E-state index contributed by atoms with van der Waals surface area (Å²) >= 11 is 1.19. The van der Waals surface area contributed by atoms with Gasteiger partial charge in [-0.3, -0.25) is 18.9 Å². The van der Waals surface area contributed by atoms with Crippen molar-refractivity contribution >= 4 is 39.6 Å². The number of aliphatic hydroxyl groups is 1. The van der Waals surface area contributed by atoms with Gasteiger partial charge in [0.2, 0.25) is 0 Å². The molecule has 3 aromatic heterocycles. The van der Waals surface area contributed by atoms with Crippen LogP contribution < -0.4 is 9.64 Å². The molecule has 1 aromatic carbocycles. The van der Waals surface area contributed by atoms with Crippen LogP contribution in [-0.2, 0) is 9.59 Å². The number of methoxy groups -OCH3 is 1. The third kappa shape index (κ3) is 3.14. The molecule has 4 heterocycles. The van der Waals surface area contributed by atoms with Crippen molar-refractivity contribution in [3.8, 4) is 11.5 Å². The first-order chi connectivity index (χ1) is 15.9. The first-order valence-electron chi connectivity index (χ1n) is 9.93. The minimum absolute atomic E-state index is 0.0925. The smallest absolute Gasteiger partial charge is 0.301 e. The first-order valence-corrected chi connectivity index (χ1v) is 10.8. The van der Waals surface area contributed by atoms with Crippen LogP contribution in [0.15, 0.2) is 59.7 Å². The van der Waals surface area contributed by atoms with Gasteiger partial charge in [-0.05, 0) is 36.8 Å². The van der Waals surface area contributed by atoms with E-state index < -0.39 is 17.7 Å². The molecule has 9 nitrogen and oxygen atoms in total. The van der Waals surface area contributed by atoms with Gasteiger partial charge in [0, 0.05) is 17.8 Å². The molecule has 5 rings (SSSR count). The van der Waals surface area contributed by atoms with E-state index in [0.717, 1.165) is 0 Å². The number of aryl methyl sites for hydroxylation is 1. The monoisotopic (exact) mass is 462 g/mol. The number of imidazole rings is 1. The molecule has 1 amide bonds. The van der Waals surface area contributed by atoms with Gasteiger partial charge >= 0.3 is 5.91 Å². The summed E-state index contributed by atoms with van der Waals surface area (Å²) in [5.41, 5.74) is 1.77. The minimum Gasteiger partial charge on any atom is -0.505 e. The molecule has 1 aliphatic heterocycles. The Morgan fingerprint density at radius 2 is 2.03 bits per heavy atom. The Morgan fingerprint density at radius 1 is 1.21 bits per heavy atom. The topological polar surface area (TPSA) is 117 Å². The second kappa shape index (κ2) is 7.75. The molecule has 166 valence electrons. The van der Waals surface area contributed by atoms with E-state index in [1.165, 1.54) is 41.7 Å². The van der Waals surface area contributed by atoms with E-state index in [2.05, 4.69) is 9.97 Å². The number of anilines is 1. The standard InChI is InChI=1S/C23H18N4O5S/c1-12-18(26-9-4-3-5-16(26)25-12)20(29)17-19(13-6-7-14(28)15(11-13)32-2)27(22(31)21(17)30)23-24-8-10-33-23/h3-11,19,28-29H,1-2H3.